The van der Waals surface area contributed by atoms with E-state index in [1.165, 1.54) is 89.9 Å². The molecule has 0 aromatic rings. The van der Waals surface area contributed by atoms with Crippen molar-refractivity contribution in [3.8, 4) is 0 Å². The summed E-state index contributed by atoms with van der Waals surface area (Å²) in [5, 5.41) is 0. The topological polar surface area (TPSA) is 78.9 Å². The summed E-state index contributed by atoms with van der Waals surface area (Å²) in [5.41, 5.74) is 0. The Morgan fingerprint density at radius 3 is 0.942 bits per heavy atom. The van der Waals surface area contributed by atoms with Crippen LogP contribution in [0.4, 0.5) is 0 Å². The molecule has 0 saturated carbocycles. The van der Waals surface area contributed by atoms with Crippen molar-refractivity contribution in [2.45, 2.75) is 271 Å². The van der Waals surface area contributed by atoms with E-state index < -0.39 is 6.10 Å². The summed E-state index contributed by atoms with van der Waals surface area (Å²) in [6.07, 6.45) is 76.0. The van der Waals surface area contributed by atoms with Crippen molar-refractivity contribution in [3.05, 3.63) is 97.2 Å². The molecule has 0 fully saturated rings. The fourth-order valence-corrected chi connectivity index (χ4v) is 7.78. The summed E-state index contributed by atoms with van der Waals surface area (Å²) in [6, 6.07) is 0. The molecule has 0 amide bonds. The van der Waals surface area contributed by atoms with E-state index in [9.17, 15) is 14.4 Å². The van der Waals surface area contributed by atoms with Crippen LogP contribution >= 0.6 is 0 Å². The monoisotopic (exact) mass is 959 g/mol. The van der Waals surface area contributed by atoms with Gasteiger partial charge in [0.15, 0.2) is 6.10 Å². The second-order valence-corrected chi connectivity index (χ2v) is 18.8. The quantitative estimate of drug-likeness (QED) is 0.0262. The van der Waals surface area contributed by atoms with Crippen LogP contribution in [0.3, 0.4) is 0 Å². The lowest BCUT2D eigenvalue weighted by Crippen LogP contribution is -2.30. The number of rotatable bonds is 51. The maximum Gasteiger partial charge on any atom is 0.306 e. The van der Waals surface area contributed by atoms with Crippen LogP contribution < -0.4 is 0 Å². The van der Waals surface area contributed by atoms with Crippen LogP contribution in [0.2, 0.25) is 0 Å². The Balaban J connectivity index is 3.97. The summed E-state index contributed by atoms with van der Waals surface area (Å²) in [4.78, 5) is 37.7. The molecule has 0 heterocycles. The van der Waals surface area contributed by atoms with Gasteiger partial charge in [0, 0.05) is 19.3 Å². The van der Waals surface area contributed by atoms with E-state index >= 15 is 0 Å². The maximum atomic E-state index is 12.7. The standard InChI is InChI=1S/C63H106O6/c1-4-7-10-13-15-17-19-21-22-23-24-25-26-27-28-29-30-31-32-33-34-35-36-37-38-39-40-42-43-45-47-50-53-56-62(65)68-59-60(58-67-61(64)55-52-49-12-9-6-3)69-63(66)57-54-51-48-46-44-41-20-18-16-14-11-8-5-2/h7,10-11,14-15,17-18,20-22,24-25,27-28,30-31,60H,4-6,8-9,12-13,16,19,23,26,29,32-59H2,1-3H3/b10-7-,14-11-,17-15-,20-18-,22-21-,25-24-,28-27-,31-30-. The van der Waals surface area contributed by atoms with Crippen molar-refractivity contribution >= 4 is 17.9 Å². The Morgan fingerprint density at radius 1 is 0.304 bits per heavy atom. The highest BCUT2D eigenvalue weighted by atomic mass is 16.6. The van der Waals surface area contributed by atoms with Crippen LogP contribution in [0.1, 0.15) is 265 Å². The minimum absolute atomic E-state index is 0.0820. The van der Waals surface area contributed by atoms with Crippen molar-refractivity contribution in [3.63, 3.8) is 0 Å². The lowest BCUT2D eigenvalue weighted by atomic mass is 10.0. The summed E-state index contributed by atoms with van der Waals surface area (Å²) >= 11 is 0. The zero-order valence-electron chi connectivity index (χ0n) is 45.0. The molecule has 0 spiro atoms. The van der Waals surface area contributed by atoms with Crippen LogP contribution in [0.15, 0.2) is 97.2 Å². The molecule has 0 N–H and O–H groups in total. The molecule has 0 radical (unpaired) electrons. The summed E-state index contributed by atoms with van der Waals surface area (Å²) in [5.74, 6) is -0.910. The van der Waals surface area contributed by atoms with Crippen molar-refractivity contribution in [2.24, 2.45) is 0 Å². The zero-order chi connectivity index (χ0) is 50.0. The highest BCUT2D eigenvalue weighted by Gasteiger charge is 2.19. The lowest BCUT2D eigenvalue weighted by molar-refractivity contribution is -0.167. The number of carbonyl (C=O) groups excluding carboxylic acids is 3. The smallest absolute Gasteiger partial charge is 0.306 e. The molecule has 0 rings (SSSR count). The third kappa shape index (κ3) is 55.1. The van der Waals surface area contributed by atoms with E-state index in [-0.39, 0.29) is 31.1 Å². The first kappa shape index (κ1) is 65.3. The average Bonchev–Trinajstić information content (AvgIpc) is 3.35. The lowest BCUT2D eigenvalue weighted by Gasteiger charge is -2.18. The van der Waals surface area contributed by atoms with Gasteiger partial charge in [-0.1, -0.05) is 246 Å². The van der Waals surface area contributed by atoms with Gasteiger partial charge in [0.1, 0.15) is 13.2 Å². The van der Waals surface area contributed by atoms with E-state index in [4.69, 9.17) is 14.2 Å². The number of carbonyl (C=O) groups is 3. The molecule has 0 aliphatic heterocycles. The molecule has 0 aliphatic rings. The second-order valence-electron chi connectivity index (χ2n) is 18.8. The number of hydrogen-bond donors (Lipinski definition) is 0. The van der Waals surface area contributed by atoms with Gasteiger partial charge in [0.25, 0.3) is 0 Å². The van der Waals surface area contributed by atoms with E-state index in [1.54, 1.807) is 0 Å². The number of esters is 3. The molecule has 0 aliphatic carbocycles. The fraction of sp³-hybridized carbons (Fsp3) is 0.698. The Hall–Kier alpha value is -3.67. The third-order valence-electron chi connectivity index (χ3n) is 12.1. The van der Waals surface area contributed by atoms with Gasteiger partial charge in [0.2, 0.25) is 0 Å². The zero-order valence-corrected chi connectivity index (χ0v) is 45.0. The van der Waals surface area contributed by atoms with Gasteiger partial charge in [-0.05, 0) is 96.3 Å². The van der Waals surface area contributed by atoms with Gasteiger partial charge in [-0.25, -0.2) is 0 Å². The first-order valence-electron chi connectivity index (χ1n) is 28.7. The molecule has 6 heteroatoms. The van der Waals surface area contributed by atoms with E-state index in [2.05, 4.69) is 118 Å². The summed E-state index contributed by atoms with van der Waals surface area (Å²) < 4.78 is 16.7. The molecule has 6 nitrogen and oxygen atoms in total. The molecular formula is C63H106O6. The van der Waals surface area contributed by atoms with Crippen molar-refractivity contribution < 1.29 is 28.6 Å². The van der Waals surface area contributed by atoms with Crippen molar-refractivity contribution in [1.82, 2.24) is 0 Å². The molecular weight excluding hydrogens is 853 g/mol. The molecule has 0 aromatic heterocycles. The van der Waals surface area contributed by atoms with Crippen LogP contribution in [0.5, 0.6) is 0 Å². The maximum absolute atomic E-state index is 12.7. The van der Waals surface area contributed by atoms with Gasteiger partial charge >= 0.3 is 17.9 Å². The highest BCUT2D eigenvalue weighted by molar-refractivity contribution is 5.71. The Morgan fingerprint density at radius 2 is 0.594 bits per heavy atom. The highest BCUT2D eigenvalue weighted by Crippen LogP contribution is 2.15. The van der Waals surface area contributed by atoms with Crippen LogP contribution in [-0.2, 0) is 28.6 Å². The van der Waals surface area contributed by atoms with Gasteiger partial charge in [-0.3, -0.25) is 14.4 Å². The Kier molecular flexibility index (Phi) is 53.9. The van der Waals surface area contributed by atoms with Crippen LogP contribution in [0.25, 0.3) is 0 Å². The third-order valence-corrected chi connectivity index (χ3v) is 12.1. The Labute approximate surface area is 426 Å². The Bertz CT molecular complexity index is 1380. The number of hydrogen-bond acceptors (Lipinski definition) is 6. The SMILES string of the molecule is CC/C=C\C/C=C\C/C=C\C/C=C\C/C=C\C/C=C\CCCCCCCCCCCCCCCCC(=O)OCC(COC(=O)CCCCCCC)OC(=O)CCCCCCC/C=C\C/C=C\CCC. The molecule has 0 bridgehead atoms. The largest absolute Gasteiger partial charge is 0.462 e. The molecule has 0 aromatic carbocycles. The molecule has 394 valence electrons. The molecule has 1 atom stereocenters. The normalized spacial score (nSPS) is 12.8. The van der Waals surface area contributed by atoms with E-state index in [1.807, 2.05) is 0 Å². The number of unbranched alkanes of at least 4 members (excludes halogenated alkanes) is 24. The predicted molar refractivity (Wildman–Crippen MR) is 297 cm³/mol. The second kappa shape index (κ2) is 56.9. The molecule has 0 saturated heterocycles. The van der Waals surface area contributed by atoms with Crippen molar-refractivity contribution in [1.29, 1.82) is 0 Å². The van der Waals surface area contributed by atoms with Crippen LogP contribution in [-0.4, -0.2) is 37.2 Å². The first-order chi connectivity index (χ1) is 34.0. The summed E-state index contributed by atoms with van der Waals surface area (Å²) in [6.45, 7) is 6.36. The summed E-state index contributed by atoms with van der Waals surface area (Å²) in [7, 11) is 0. The van der Waals surface area contributed by atoms with Gasteiger partial charge in [-0.2, -0.15) is 0 Å². The van der Waals surface area contributed by atoms with Gasteiger partial charge in [0.05, 0.1) is 0 Å². The fourth-order valence-electron chi connectivity index (χ4n) is 7.78. The number of allylic oxidation sites excluding steroid dienone is 16. The minimum atomic E-state index is -0.779. The average molecular weight is 960 g/mol. The van der Waals surface area contributed by atoms with Crippen molar-refractivity contribution in [2.75, 3.05) is 13.2 Å². The minimum Gasteiger partial charge on any atom is -0.462 e. The van der Waals surface area contributed by atoms with Crippen LogP contribution in [0, 0.1) is 0 Å². The van der Waals surface area contributed by atoms with E-state index in [0.29, 0.717) is 19.3 Å². The number of ether oxygens (including phenoxy) is 3. The molecule has 1 unspecified atom stereocenters. The molecule has 69 heavy (non-hydrogen) atoms. The van der Waals surface area contributed by atoms with E-state index in [0.717, 1.165) is 135 Å². The first-order valence-corrected chi connectivity index (χ1v) is 28.7. The van der Waals surface area contributed by atoms with Gasteiger partial charge in [-0.15, -0.1) is 0 Å². The van der Waals surface area contributed by atoms with Gasteiger partial charge < -0.3 is 14.2 Å². The predicted octanol–water partition coefficient (Wildman–Crippen LogP) is 19.3.